The molecular formula is C21H23N3O3. The molecule has 27 heavy (non-hydrogen) atoms. The van der Waals surface area contributed by atoms with Gasteiger partial charge in [-0.3, -0.25) is 14.5 Å². The van der Waals surface area contributed by atoms with Crippen molar-refractivity contribution >= 4 is 23.5 Å². The molecule has 1 aliphatic heterocycles. The second-order valence-electron chi connectivity index (χ2n) is 6.76. The van der Waals surface area contributed by atoms with Crippen molar-refractivity contribution in [1.82, 2.24) is 10.2 Å². The Kier molecular flexibility index (Phi) is 4.99. The number of amides is 4. The van der Waals surface area contributed by atoms with E-state index in [-0.39, 0.29) is 6.54 Å². The fourth-order valence-electron chi connectivity index (χ4n) is 3.47. The van der Waals surface area contributed by atoms with Crippen LogP contribution in [-0.4, -0.2) is 29.3 Å². The van der Waals surface area contributed by atoms with Crippen LogP contribution in [-0.2, 0) is 15.1 Å². The van der Waals surface area contributed by atoms with Crippen LogP contribution in [0.1, 0.15) is 30.0 Å². The van der Waals surface area contributed by atoms with Crippen LogP contribution in [0.15, 0.2) is 48.5 Å². The monoisotopic (exact) mass is 365 g/mol. The summed E-state index contributed by atoms with van der Waals surface area (Å²) in [5.74, 6) is -0.811. The van der Waals surface area contributed by atoms with Gasteiger partial charge in [0, 0.05) is 5.69 Å². The van der Waals surface area contributed by atoms with Gasteiger partial charge in [-0.15, -0.1) is 0 Å². The molecule has 6 heteroatoms. The van der Waals surface area contributed by atoms with Crippen LogP contribution in [0.2, 0.25) is 0 Å². The number of imide groups is 1. The number of nitrogens with one attached hydrogen (secondary N) is 2. The maximum atomic E-state index is 13.1. The van der Waals surface area contributed by atoms with Crippen molar-refractivity contribution in [3.8, 4) is 0 Å². The Hall–Kier alpha value is -3.15. The van der Waals surface area contributed by atoms with Crippen molar-refractivity contribution in [1.29, 1.82) is 0 Å². The van der Waals surface area contributed by atoms with Gasteiger partial charge in [0.15, 0.2) is 0 Å². The molecule has 0 saturated carbocycles. The number of para-hydroxylation sites is 1. The normalized spacial score (nSPS) is 19.1. The number of rotatable bonds is 5. The van der Waals surface area contributed by atoms with E-state index in [4.69, 9.17) is 0 Å². The molecule has 0 aliphatic carbocycles. The van der Waals surface area contributed by atoms with Gasteiger partial charge in [-0.25, -0.2) is 4.79 Å². The van der Waals surface area contributed by atoms with E-state index in [9.17, 15) is 14.4 Å². The summed E-state index contributed by atoms with van der Waals surface area (Å²) in [4.78, 5) is 39.0. The first-order chi connectivity index (χ1) is 12.9. The molecule has 2 aromatic rings. The molecule has 1 atom stereocenters. The summed E-state index contributed by atoms with van der Waals surface area (Å²) in [6.45, 7) is 5.31. The maximum Gasteiger partial charge on any atom is 0.325 e. The number of hydrogen-bond donors (Lipinski definition) is 2. The van der Waals surface area contributed by atoms with Crippen LogP contribution >= 0.6 is 0 Å². The van der Waals surface area contributed by atoms with Crippen LogP contribution in [0.3, 0.4) is 0 Å². The fraction of sp³-hybridized carbons (Fsp3) is 0.286. The second kappa shape index (κ2) is 7.23. The Bertz CT molecular complexity index is 875. The number of benzene rings is 2. The van der Waals surface area contributed by atoms with E-state index in [1.807, 2.05) is 69.3 Å². The van der Waals surface area contributed by atoms with Crippen molar-refractivity contribution in [3.63, 3.8) is 0 Å². The third-order valence-corrected chi connectivity index (χ3v) is 5.02. The Morgan fingerprint density at radius 1 is 1.04 bits per heavy atom. The van der Waals surface area contributed by atoms with E-state index in [0.717, 1.165) is 16.0 Å². The van der Waals surface area contributed by atoms with Crippen LogP contribution in [0.25, 0.3) is 0 Å². The zero-order valence-electron chi connectivity index (χ0n) is 15.7. The molecule has 140 valence electrons. The van der Waals surface area contributed by atoms with E-state index in [0.29, 0.717) is 17.7 Å². The number of anilines is 1. The van der Waals surface area contributed by atoms with Gasteiger partial charge in [-0.1, -0.05) is 55.5 Å². The molecule has 0 radical (unpaired) electrons. The van der Waals surface area contributed by atoms with Gasteiger partial charge in [0.25, 0.3) is 5.91 Å². The average molecular weight is 365 g/mol. The van der Waals surface area contributed by atoms with Gasteiger partial charge in [0.2, 0.25) is 5.91 Å². The molecule has 0 aromatic heterocycles. The van der Waals surface area contributed by atoms with Gasteiger partial charge in [0.05, 0.1) is 0 Å². The molecule has 1 aliphatic rings. The highest BCUT2D eigenvalue weighted by atomic mass is 16.2. The summed E-state index contributed by atoms with van der Waals surface area (Å²) in [6, 6.07) is 14.3. The lowest BCUT2D eigenvalue weighted by Crippen LogP contribution is -2.44. The van der Waals surface area contributed by atoms with Gasteiger partial charge >= 0.3 is 6.03 Å². The van der Waals surface area contributed by atoms with Crippen molar-refractivity contribution in [3.05, 3.63) is 65.2 Å². The summed E-state index contributed by atoms with van der Waals surface area (Å²) in [6.07, 6.45) is 0.399. The molecule has 3 rings (SSSR count). The van der Waals surface area contributed by atoms with Crippen molar-refractivity contribution in [2.75, 3.05) is 11.9 Å². The molecule has 0 spiro atoms. The number of nitrogens with zero attached hydrogens (tertiary/aromatic N) is 1. The Balaban J connectivity index is 1.81. The molecule has 4 amide bonds. The molecule has 2 N–H and O–H groups in total. The zero-order chi connectivity index (χ0) is 19.6. The lowest BCUT2D eigenvalue weighted by atomic mass is 9.87. The first-order valence-electron chi connectivity index (χ1n) is 8.94. The highest BCUT2D eigenvalue weighted by molar-refractivity contribution is 6.10. The first-order valence-corrected chi connectivity index (χ1v) is 8.94. The minimum Gasteiger partial charge on any atom is -0.324 e. The van der Waals surface area contributed by atoms with Gasteiger partial charge < -0.3 is 10.6 Å². The zero-order valence-corrected chi connectivity index (χ0v) is 15.7. The number of carbonyl (C=O) groups is 3. The van der Waals surface area contributed by atoms with E-state index < -0.39 is 23.4 Å². The third kappa shape index (κ3) is 3.30. The highest BCUT2D eigenvalue weighted by Gasteiger charge is 2.51. The molecule has 1 fully saturated rings. The standard InChI is InChI=1S/C21H23N3O3/c1-4-21(16-11-6-5-7-12-16)19(26)24(20(27)23-21)13-17(25)22-18-14(2)9-8-10-15(18)3/h5-12H,4,13H2,1-3H3,(H,22,25)(H,23,27)/t21-/m1/s1. The largest absolute Gasteiger partial charge is 0.325 e. The minimum atomic E-state index is -1.13. The molecule has 6 nitrogen and oxygen atoms in total. The lowest BCUT2D eigenvalue weighted by Gasteiger charge is -2.25. The summed E-state index contributed by atoms with van der Waals surface area (Å²) >= 11 is 0. The Morgan fingerprint density at radius 3 is 2.26 bits per heavy atom. The van der Waals surface area contributed by atoms with Crippen LogP contribution < -0.4 is 10.6 Å². The van der Waals surface area contributed by atoms with Gasteiger partial charge in [-0.2, -0.15) is 0 Å². The van der Waals surface area contributed by atoms with Gasteiger partial charge in [-0.05, 0) is 37.0 Å². The summed E-state index contributed by atoms with van der Waals surface area (Å²) in [5.41, 5.74) is 2.14. The summed E-state index contributed by atoms with van der Waals surface area (Å²) < 4.78 is 0. The van der Waals surface area contributed by atoms with Gasteiger partial charge in [0.1, 0.15) is 12.1 Å². The third-order valence-electron chi connectivity index (χ3n) is 5.02. The number of hydrogen-bond acceptors (Lipinski definition) is 3. The fourth-order valence-corrected chi connectivity index (χ4v) is 3.47. The van der Waals surface area contributed by atoms with Crippen molar-refractivity contribution in [2.45, 2.75) is 32.7 Å². The Labute approximate surface area is 158 Å². The predicted molar refractivity (Wildman–Crippen MR) is 103 cm³/mol. The molecule has 1 saturated heterocycles. The topological polar surface area (TPSA) is 78.5 Å². The lowest BCUT2D eigenvalue weighted by molar-refractivity contribution is -0.134. The number of carbonyl (C=O) groups excluding carboxylic acids is 3. The summed E-state index contributed by atoms with van der Waals surface area (Å²) in [7, 11) is 0. The molecule has 1 heterocycles. The minimum absolute atomic E-state index is 0.326. The van der Waals surface area contributed by atoms with E-state index in [1.165, 1.54) is 0 Å². The second-order valence-corrected chi connectivity index (χ2v) is 6.76. The van der Waals surface area contributed by atoms with Crippen molar-refractivity contribution in [2.24, 2.45) is 0 Å². The number of aryl methyl sites for hydroxylation is 2. The van der Waals surface area contributed by atoms with Crippen LogP contribution in [0.4, 0.5) is 10.5 Å². The van der Waals surface area contributed by atoms with Crippen LogP contribution in [0.5, 0.6) is 0 Å². The SMILES string of the molecule is CC[C@]1(c2ccccc2)NC(=O)N(CC(=O)Nc2c(C)cccc2C)C1=O. The van der Waals surface area contributed by atoms with Crippen LogP contribution in [0, 0.1) is 13.8 Å². The molecule has 0 bridgehead atoms. The quantitative estimate of drug-likeness (QED) is 0.799. The number of urea groups is 1. The predicted octanol–water partition coefficient (Wildman–Crippen LogP) is 3.10. The van der Waals surface area contributed by atoms with E-state index in [1.54, 1.807) is 0 Å². The van der Waals surface area contributed by atoms with E-state index in [2.05, 4.69) is 10.6 Å². The molecular weight excluding hydrogens is 342 g/mol. The summed E-state index contributed by atoms with van der Waals surface area (Å²) in [5, 5.41) is 5.60. The average Bonchev–Trinajstić information content (AvgIpc) is 2.90. The maximum absolute atomic E-state index is 13.1. The first kappa shape index (κ1) is 18.6. The smallest absolute Gasteiger partial charge is 0.324 e. The van der Waals surface area contributed by atoms with Crippen molar-refractivity contribution < 1.29 is 14.4 Å². The highest BCUT2D eigenvalue weighted by Crippen LogP contribution is 2.32. The Morgan fingerprint density at radius 2 is 1.67 bits per heavy atom. The molecule has 2 aromatic carbocycles. The van der Waals surface area contributed by atoms with E-state index >= 15 is 0 Å². The molecule has 0 unspecified atom stereocenters.